The molecule has 1 aliphatic rings. The minimum absolute atomic E-state index is 0.0305. The molecule has 0 aliphatic carbocycles. The van der Waals surface area contributed by atoms with Gasteiger partial charge in [0.15, 0.2) is 5.82 Å². The fraction of sp³-hybridized carbons (Fsp3) is 0.105. The summed E-state index contributed by atoms with van der Waals surface area (Å²) < 4.78 is 23.1. The first-order valence-corrected chi connectivity index (χ1v) is 11.8. The number of nitrogens with zero attached hydrogens (tertiary/aromatic N) is 3. The molecule has 0 fully saturated rings. The van der Waals surface area contributed by atoms with Gasteiger partial charge in [0.25, 0.3) is 0 Å². The van der Waals surface area contributed by atoms with Crippen molar-refractivity contribution >= 4 is 68.1 Å². The minimum atomic E-state index is -3.83. The average molecular weight is 477 g/mol. The summed E-state index contributed by atoms with van der Waals surface area (Å²) in [4.78, 5) is 23.1. The Balaban J connectivity index is 1.59. The summed E-state index contributed by atoms with van der Waals surface area (Å²) in [5, 5.41) is 11.5. The first-order valence-electron chi connectivity index (χ1n) is 8.93. The Hall–Kier alpha value is -2.86. The first-order chi connectivity index (χ1) is 14.7. The number of hydrogen-bond acceptors (Lipinski definition) is 8. The van der Waals surface area contributed by atoms with Crippen LogP contribution in [0.2, 0.25) is 5.02 Å². The maximum Gasteiger partial charge on any atom is 0.238 e. The van der Waals surface area contributed by atoms with Crippen molar-refractivity contribution in [2.24, 2.45) is 5.14 Å². The molecule has 31 heavy (non-hydrogen) atoms. The van der Waals surface area contributed by atoms with Gasteiger partial charge in [0.2, 0.25) is 21.9 Å². The van der Waals surface area contributed by atoms with Gasteiger partial charge in [-0.2, -0.15) is 4.98 Å². The zero-order valence-electron chi connectivity index (χ0n) is 16.2. The topological polar surface area (TPSA) is 130 Å². The molecule has 1 aliphatic heterocycles. The molecular weight excluding hydrogens is 460 g/mol. The maximum absolute atomic E-state index is 12.0. The van der Waals surface area contributed by atoms with E-state index < -0.39 is 10.0 Å². The van der Waals surface area contributed by atoms with Crippen molar-refractivity contribution in [2.75, 3.05) is 28.3 Å². The summed E-state index contributed by atoms with van der Waals surface area (Å²) in [6.45, 7) is 0. The van der Waals surface area contributed by atoms with Crippen molar-refractivity contribution < 1.29 is 13.2 Å². The predicted molar refractivity (Wildman–Crippen MR) is 122 cm³/mol. The van der Waals surface area contributed by atoms with Crippen LogP contribution in [0.5, 0.6) is 0 Å². The number of thioether (sulfide) groups is 1. The predicted octanol–water partition coefficient (Wildman–Crippen LogP) is 3.33. The summed E-state index contributed by atoms with van der Waals surface area (Å²) in [7, 11) is -2.10. The summed E-state index contributed by atoms with van der Waals surface area (Å²) in [5.74, 6) is 0.997. The number of carbonyl (C=O) groups is 1. The monoisotopic (exact) mass is 476 g/mol. The van der Waals surface area contributed by atoms with E-state index in [4.69, 9.17) is 16.7 Å². The lowest BCUT2D eigenvalue weighted by molar-refractivity contribution is -0.116. The number of amides is 1. The molecule has 160 valence electrons. The zero-order valence-corrected chi connectivity index (χ0v) is 18.6. The molecule has 12 heteroatoms. The van der Waals surface area contributed by atoms with Gasteiger partial charge in [0.1, 0.15) is 5.02 Å². The van der Waals surface area contributed by atoms with E-state index >= 15 is 0 Å². The summed E-state index contributed by atoms with van der Waals surface area (Å²) in [6, 6.07) is 11.6. The number of nitrogens with two attached hydrogens (primary N) is 1. The zero-order chi connectivity index (χ0) is 22.2. The molecule has 0 unspecified atom stereocenters. The number of rotatable bonds is 5. The van der Waals surface area contributed by atoms with Crippen molar-refractivity contribution in [1.29, 1.82) is 0 Å². The second-order valence-electron chi connectivity index (χ2n) is 6.64. The summed E-state index contributed by atoms with van der Waals surface area (Å²) in [6.07, 6.45) is 1.42. The quantitative estimate of drug-likeness (QED) is 0.511. The Labute approximate surface area is 188 Å². The number of hydrogen-bond donors (Lipinski definition) is 3. The van der Waals surface area contributed by atoms with E-state index in [2.05, 4.69) is 20.6 Å². The second-order valence-corrected chi connectivity index (χ2v) is 9.62. The Morgan fingerprint density at radius 1 is 1.16 bits per heavy atom. The lowest BCUT2D eigenvalue weighted by atomic mass is 10.2. The van der Waals surface area contributed by atoms with E-state index in [0.29, 0.717) is 28.0 Å². The van der Waals surface area contributed by atoms with E-state index in [9.17, 15) is 13.2 Å². The Morgan fingerprint density at radius 3 is 2.71 bits per heavy atom. The third kappa shape index (κ3) is 4.74. The number of primary sulfonamides is 1. The molecule has 9 nitrogen and oxygen atoms in total. The fourth-order valence-electron chi connectivity index (χ4n) is 2.88. The molecule has 2 heterocycles. The molecule has 2 aromatic carbocycles. The van der Waals surface area contributed by atoms with Gasteiger partial charge < -0.3 is 15.5 Å². The van der Waals surface area contributed by atoms with Gasteiger partial charge in [-0.3, -0.25) is 4.79 Å². The lowest BCUT2D eigenvalue weighted by Gasteiger charge is -2.25. The van der Waals surface area contributed by atoms with E-state index in [1.807, 2.05) is 18.2 Å². The van der Waals surface area contributed by atoms with Crippen molar-refractivity contribution in [3.05, 3.63) is 53.7 Å². The third-order valence-corrected chi connectivity index (χ3v) is 6.71. The Kier molecular flexibility index (Phi) is 5.75. The number of sulfonamides is 1. The van der Waals surface area contributed by atoms with Gasteiger partial charge >= 0.3 is 0 Å². The smallest absolute Gasteiger partial charge is 0.238 e. The highest BCUT2D eigenvalue weighted by atomic mass is 35.5. The number of halogens is 1. The molecule has 4 rings (SSSR count). The van der Waals surface area contributed by atoms with Gasteiger partial charge in [0, 0.05) is 23.3 Å². The number of fused-ring (bicyclic) bond motifs is 1. The van der Waals surface area contributed by atoms with Crippen LogP contribution in [0, 0.1) is 0 Å². The summed E-state index contributed by atoms with van der Waals surface area (Å²) in [5.41, 5.74) is 1.95. The fourth-order valence-corrected chi connectivity index (χ4v) is 4.56. The van der Waals surface area contributed by atoms with Gasteiger partial charge in [-0.05, 0) is 36.4 Å². The van der Waals surface area contributed by atoms with Crippen LogP contribution in [0.25, 0.3) is 0 Å². The minimum Gasteiger partial charge on any atom is -0.339 e. The standard InChI is InChI=1S/C19H17ClN6O3S2/c1-26-15-8-12(5-6-16(15)30-10-17(26)27)23-18-14(20)9-22-19(25-18)24-11-3-2-4-13(7-11)31(21,28)29/h2-9H,10H2,1H3,(H2,21,28,29)(H2,22,23,24,25). The van der Waals surface area contributed by atoms with Crippen LogP contribution in [0.1, 0.15) is 0 Å². The van der Waals surface area contributed by atoms with Crippen molar-refractivity contribution in [2.45, 2.75) is 9.79 Å². The van der Waals surface area contributed by atoms with Crippen LogP contribution in [0.3, 0.4) is 0 Å². The molecule has 4 N–H and O–H groups in total. The van der Waals surface area contributed by atoms with Crippen LogP contribution in [-0.4, -0.2) is 37.1 Å². The molecule has 1 aromatic heterocycles. The van der Waals surface area contributed by atoms with E-state index in [-0.39, 0.29) is 16.8 Å². The molecular formula is C19H17ClN6O3S2. The molecule has 3 aromatic rings. The second kappa shape index (κ2) is 8.35. The molecule has 0 radical (unpaired) electrons. The van der Waals surface area contributed by atoms with Gasteiger partial charge in [-0.1, -0.05) is 17.7 Å². The van der Waals surface area contributed by atoms with E-state index in [1.54, 1.807) is 24.1 Å². The lowest BCUT2D eigenvalue weighted by Crippen LogP contribution is -2.31. The molecule has 0 atom stereocenters. The normalized spacial score (nSPS) is 13.6. The molecule has 0 spiro atoms. The van der Waals surface area contributed by atoms with Gasteiger partial charge in [-0.15, -0.1) is 11.8 Å². The first kappa shape index (κ1) is 21.4. The van der Waals surface area contributed by atoms with Crippen molar-refractivity contribution in [1.82, 2.24) is 9.97 Å². The highest BCUT2D eigenvalue weighted by molar-refractivity contribution is 8.00. The van der Waals surface area contributed by atoms with Crippen LogP contribution < -0.4 is 20.7 Å². The van der Waals surface area contributed by atoms with Crippen molar-refractivity contribution in [3.63, 3.8) is 0 Å². The van der Waals surface area contributed by atoms with E-state index in [1.165, 1.54) is 30.1 Å². The Morgan fingerprint density at radius 2 is 1.94 bits per heavy atom. The number of nitrogens with one attached hydrogen (secondary N) is 2. The van der Waals surface area contributed by atoms with Gasteiger partial charge in [0.05, 0.1) is 22.5 Å². The molecule has 0 bridgehead atoms. The largest absolute Gasteiger partial charge is 0.339 e. The van der Waals surface area contributed by atoms with Crippen LogP contribution >= 0.6 is 23.4 Å². The third-order valence-electron chi connectivity index (χ3n) is 4.47. The number of aromatic nitrogens is 2. The van der Waals surface area contributed by atoms with Crippen molar-refractivity contribution in [3.8, 4) is 0 Å². The molecule has 0 saturated carbocycles. The van der Waals surface area contributed by atoms with Crippen LogP contribution in [0.4, 0.5) is 28.8 Å². The highest BCUT2D eigenvalue weighted by Gasteiger charge is 2.21. The highest BCUT2D eigenvalue weighted by Crippen LogP contribution is 2.37. The molecule has 1 amide bonds. The van der Waals surface area contributed by atoms with Crippen LogP contribution in [0.15, 0.2) is 58.5 Å². The van der Waals surface area contributed by atoms with E-state index in [0.717, 1.165) is 10.6 Å². The summed E-state index contributed by atoms with van der Waals surface area (Å²) >= 11 is 7.74. The Bertz CT molecular complexity index is 1290. The maximum atomic E-state index is 12.0. The number of anilines is 5. The number of benzene rings is 2. The molecule has 0 saturated heterocycles. The SMILES string of the molecule is CN1C(=O)CSc2ccc(Nc3nc(Nc4cccc(S(N)(=O)=O)c4)ncc3Cl)cc21. The number of carbonyl (C=O) groups excluding carboxylic acids is 1. The average Bonchev–Trinajstić information content (AvgIpc) is 2.73. The van der Waals surface area contributed by atoms with Gasteiger partial charge in [-0.25, -0.2) is 18.5 Å². The van der Waals surface area contributed by atoms with Crippen LogP contribution in [-0.2, 0) is 14.8 Å².